The van der Waals surface area contributed by atoms with E-state index in [9.17, 15) is 4.79 Å². The molecule has 3 nitrogen and oxygen atoms in total. The minimum atomic E-state index is -0.296. The van der Waals surface area contributed by atoms with Gasteiger partial charge in [-0.05, 0) is 40.5 Å². The first-order valence-electron chi connectivity index (χ1n) is 5.09. The Morgan fingerprint density at radius 3 is 2.72 bits per heavy atom. The molecule has 1 amide bonds. The number of hydrogen-bond donors (Lipinski definition) is 2. The van der Waals surface area contributed by atoms with Crippen LogP contribution in [0.3, 0.4) is 0 Å². The Morgan fingerprint density at radius 2 is 2.11 bits per heavy atom. The van der Waals surface area contributed by atoms with Gasteiger partial charge in [0.25, 0.3) is 5.91 Å². The lowest BCUT2D eigenvalue weighted by molar-refractivity contribution is 0.102. The molecule has 94 valence electrons. The van der Waals surface area contributed by atoms with Crippen molar-refractivity contribution in [2.75, 3.05) is 5.32 Å². The molecular formula is C12H9BrCl2N2O. The molecule has 18 heavy (non-hydrogen) atoms. The first-order chi connectivity index (χ1) is 8.49. The van der Waals surface area contributed by atoms with Crippen LogP contribution in [-0.4, -0.2) is 10.9 Å². The summed E-state index contributed by atoms with van der Waals surface area (Å²) in [7, 11) is 0. The number of carbonyl (C=O) groups excluding carboxylic acids is 1. The van der Waals surface area contributed by atoms with Gasteiger partial charge < -0.3 is 10.3 Å². The molecule has 0 bridgehead atoms. The van der Waals surface area contributed by atoms with Gasteiger partial charge in [0.2, 0.25) is 0 Å². The summed E-state index contributed by atoms with van der Waals surface area (Å²) in [6.07, 6.45) is 1.67. The SMILES string of the molecule is Cc1ccc(Cl)c(NC(=O)c2cc(Br)c[nH]2)c1Cl. The van der Waals surface area contributed by atoms with E-state index in [-0.39, 0.29) is 5.91 Å². The van der Waals surface area contributed by atoms with E-state index in [0.29, 0.717) is 21.4 Å². The molecule has 2 aromatic rings. The lowest BCUT2D eigenvalue weighted by Crippen LogP contribution is -2.13. The van der Waals surface area contributed by atoms with E-state index in [1.165, 1.54) is 0 Å². The third kappa shape index (κ3) is 2.71. The molecule has 0 radical (unpaired) electrons. The van der Waals surface area contributed by atoms with E-state index in [1.54, 1.807) is 24.4 Å². The molecule has 0 aliphatic carbocycles. The summed E-state index contributed by atoms with van der Waals surface area (Å²) in [6.45, 7) is 1.85. The maximum absolute atomic E-state index is 12.0. The van der Waals surface area contributed by atoms with Crippen molar-refractivity contribution in [3.05, 3.63) is 50.2 Å². The molecule has 0 atom stereocenters. The number of carbonyl (C=O) groups is 1. The number of hydrogen-bond acceptors (Lipinski definition) is 1. The van der Waals surface area contributed by atoms with Crippen LogP contribution in [0.4, 0.5) is 5.69 Å². The van der Waals surface area contributed by atoms with Gasteiger partial charge in [-0.2, -0.15) is 0 Å². The number of amides is 1. The van der Waals surface area contributed by atoms with E-state index in [2.05, 4.69) is 26.2 Å². The van der Waals surface area contributed by atoms with E-state index in [1.807, 2.05) is 6.92 Å². The summed E-state index contributed by atoms with van der Waals surface area (Å²) in [5, 5.41) is 3.55. The fraction of sp³-hybridized carbons (Fsp3) is 0.0833. The van der Waals surface area contributed by atoms with Crippen LogP contribution in [0.5, 0.6) is 0 Å². The Labute approximate surface area is 123 Å². The molecule has 0 fully saturated rings. The second kappa shape index (κ2) is 5.34. The average molecular weight is 348 g/mol. The fourth-order valence-electron chi connectivity index (χ4n) is 1.45. The third-order valence-corrected chi connectivity index (χ3v) is 3.68. The molecule has 1 aromatic carbocycles. The van der Waals surface area contributed by atoms with Gasteiger partial charge in [0.1, 0.15) is 5.69 Å². The molecule has 0 aliphatic heterocycles. The molecule has 2 rings (SSSR count). The van der Waals surface area contributed by atoms with Gasteiger partial charge in [-0.1, -0.05) is 29.3 Å². The molecule has 0 unspecified atom stereocenters. The van der Waals surface area contributed by atoms with Crippen LogP contribution in [0.2, 0.25) is 10.0 Å². The van der Waals surface area contributed by atoms with Gasteiger partial charge in [0.05, 0.1) is 15.7 Å². The van der Waals surface area contributed by atoms with Gasteiger partial charge in [0, 0.05) is 10.7 Å². The number of rotatable bonds is 2. The van der Waals surface area contributed by atoms with Crippen molar-refractivity contribution in [1.82, 2.24) is 4.98 Å². The minimum absolute atomic E-state index is 0.296. The highest BCUT2D eigenvalue weighted by Crippen LogP contribution is 2.33. The molecule has 0 saturated carbocycles. The van der Waals surface area contributed by atoms with Crippen LogP contribution in [-0.2, 0) is 0 Å². The highest BCUT2D eigenvalue weighted by atomic mass is 79.9. The number of nitrogens with one attached hydrogen (secondary N) is 2. The standard InChI is InChI=1S/C12H9BrCl2N2O/c1-6-2-3-8(14)11(10(6)15)17-12(18)9-4-7(13)5-16-9/h2-5,16H,1H3,(H,17,18). The van der Waals surface area contributed by atoms with Crippen LogP contribution < -0.4 is 5.32 Å². The lowest BCUT2D eigenvalue weighted by atomic mass is 10.2. The first kappa shape index (κ1) is 13.5. The Hall–Kier alpha value is -0.970. The highest BCUT2D eigenvalue weighted by molar-refractivity contribution is 9.10. The van der Waals surface area contributed by atoms with Crippen molar-refractivity contribution in [1.29, 1.82) is 0 Å². The second-order valence-electron chi connectivity index (χ2n) is 3.74. The quantitative estimate of drug-likeness (QED) is 0.816. The molecular weight excluding hydrogens is 339 g/mol. The predicted molar refractivity (Wildman–Crippen MR) is 77.6 cm³/mol. The number of benzene rings is 1. The first-order valence-corrected chi connectivity index (χ1v) is 6.64. The lowest BCUT2D eigenvalue weighted by Gasteiger charge is -2.10. The van der Waals surface area contributed by atoms with Crippen LogP contribution in [0, 0.1) is 6.92 Å². The smallest absolute Gasteiger partial charge is 0.272 e. The number of aromatic amines is 1. The van der Waals surface area contributed by atoms with E-state index in [4.69, 9.17) is 23.2 Å². The summed E-state index contributed by atoms with van der Waals surface area (Å²) in [5.74, 6) is -0.296. The van der Waals surface area contributed by atoms with Crippen molar-refractivity contribution in [2.45, 2.75) is 6.92 Å². The second-order valence-corrected chi connectivity index (χ2v) is 5.44. The molecule has 1 heterocycles. The van der Waals surface area contributed by atoms with E-state index >= 15 is 0 Å². The number of anilines is 1. The normalized spacial score (nSPS) is 10.4. The monoisotopic (exact) mass is 346 g/mol. The van der Waals surface area contributed by atoms with Gasteiger partial charge in [-0.15, -0.1) is 0 Å². The number of H-pyrrole nitrogens is 1. The Kier molecular flexibility index (Phi) is 4.00. The van der Waals surface area contributed by atoms with E-state index < -0.39 is 0 Å². The minimum Gasteiger partial charge on any atom is -0.356 e. The van der Waals surface area contributed by atoms with Crippen LogP contribution in [0.15, 0.2) is 28.9 Å². The van der Waals surface area contributed by atoms with Crippen molar-refractivity contribution in [3.8, 4) is 0 Å². The zero-order valence-corrected chi connectivity index (χ0v) is 12.4. The summed E-state index contributed by atoms with van der Waals surface area (Å²) >= 11 is 15.4. The van der Waals surface area contributed by atoms with Crippen molar-refractivity contribution >= 4 is 50.7 Å². The summed E-state index contributed by atoms with van der Waals surface area (Å²) in [4.78, 5) is 14.8. The summed E-state index contributed by atoms with van der Waals surface area (Å²) < 4.78 is 0.800. The van der Waals surface area contributed by atoms with Crippen molar-refractivity contribution < 1.29 is 4.79 Å². The molecule has 6 heteroatoms. The van der Waals surface area contributed by atoms with Gasteiger partial charge >= 0.3 is 0 Å². The maximum atomic E-state index is 12.0. The molecule has 0 saturated heterocycles. The average Bonchev–Trinajstić information content (AvgIpc) is 2.76. The number of aromatic nitrogens is 1. The number of halogens is 3. The van der Waals surface area contributed by atoms with Gasteiger partial charge in [0.15, 0.2) is 0 Å². The van der Waals surface area contributed by atoms with Crippen LogP contribution in [0.25, 0.3) is 0 Å². The van der Waals surface area contributed by atoms with Crippen molar-refractivity contribution in [2.24, 2.45) is 0 Å². The van der Waals surface area contributed by atoms with E-state index in [0.717, 1.165) is 10.0 Å². The van der Waals surface area contributed by atoms with Crippen LogP contribution in [0.1, 0.15) is 16.1 Å². The third-order valence-electron chi connectivity index (χ3n) is 2.42. The largest absolute Gasteiger partial charge is 0.356 e. The summed E-state index contributed by atoms with van der Waals surface area (Å²) in [6, 6.07) is 5.17. The molecule has 0 aliphatic rings. The van der Waals surface area contributed by atoms with Crippen molar-refractivity contribution in [3.63, 3.8) is 0 Å². The van der Waals surface area contributed by atoms with Gasteiger partial charge in [-0.3, -0.25) is 4.79 Å². The Bertz CT molecular complexity index is 610. The summed E-state index contributed by atoms with van der Waals surface area (Å²) in [5.41, 5.74) is 1.70. The fourth-order valence-corrected chi connectivity index (χ4v) is 2.26. The molecule has 2 N–H and O–H groups in total. The van der Waals surface area contributed by atoms with Gasteiger partial charge in [-0.25, -0.2) is 0 Å². The Balaban J connectivity index is 2.30. The zero-order valence-electron chi connectivity index (χ0n) is 9.35. The zero-order chi connectivity index (χ0) is 13.3. The predicted octanol–water partition coefficient (Wildman–Crippen LogP) is 4.64. The highest BCUT2D eigenvalue weighted by Gasteiger charge is 2.14. The van der Waals surface area contributed by atoms with Crippen LogP contribution >= 0.6 is 39.1 Å². The molecule has 1 aromatic heterocycles. The maximum Gasteiger partial charge on any atom is 0.272 e. The molecule has 0 spiro atoms. The topological polar surface area (TPSA) is 44.9 Å². The Morgan fingerprint density at radius 1 is 1.39 bits per heavy atom. The number of aryl methyl sites for hydroxylation is 1.